The third-order valence-electron chi connectivity index (χ3n) is 5.00. The first-order valence-electron chi connectivity index (χ1n) is 10.4. The van der Waals surface area contributed by atoms with Crippen LogP contribution in [0.15, 0.2) is 41.4 Å². The summed E-state index contributed by atoms with van der Waals surface area (Å²) in [5.74, 6) is 0.848. The van der Waals surface area contributed by atoms with Gasteiger partial charge in [-0.05, 0) is 36.8 Å². The number of nitrogens with two attached hydrogens (primary N) is 1. The number of benzene rings is 1. The lowest BCUT2D eigenvalue weighted by molar-refractivity contribution is -0.119. The van der Waals surface area contributed by atoms with Crippen LogP contribution in [-0.2, 0) is 16.1 Å². The van der Waals surface area contributed by atoms with Crippen molar-refractivity contribution in [2.24, 2.45) is 10.7 Å². The van der Waals surface area contributed by atoms with E-state index in [-0.39, 0.29) is 12.6 Å². The Hall–Kier alpha value is -2.62. The number of rotatable bonds is 9. The first kappa shape index (κ1) is 23.1. The van der Waals surface area contributed by atoms with E-state index in [0.29, 0.717) is 12.3 Å². The van der Waals surface area contributed by atoms with Gasteiger partial charge < -0.3 is 25.8 Å². The zero-order valence-corrected chi connectivity index (χ0v) is 18.9. The number of ether oxygens (including phenoxy) is 2. The Morgan fingerprint density at radius 1 is 1.29 bits per heavy atom. The molecule has 1 aliphatic rings. The molecule has 1 aliphatic heterocycles. The first-order valence-corrected chi connectivity index (χ1v) is 11.2. The van der Waals surface area contributed by atoms with Crippen LogP contribution >= 0.6 is 11.3 Å². The molecule has 9 heteroatoms. The lowest BCUT2D eigenvalue weighted by Crippen LogP contribution is -2.46. The van der Waals surface area contributed by atoms with Crippen molar-refractivity contribution in [1.82, 2.24) is 15.5 Å². The maximum atomic E-state index is 10.9. The highest BCUT2D eigenvalue weighted by Crippen LogP contribution is 2.27. The van der Waals surface area contributed by atoms with Gasteiger partial charge in [-0.2, -0.15) is 0 Å². The van der Waals surface area contributed by atoms with Gasteiger partial charge in [-0.1, -0.05) is 12.1 Å². The number of aliphatic imine (C=N–C) groups is 1. The summed E-state index contributed by atoms with van der Waals surface area (Å²) in [7, 11) is 1.76. The van der Waals surface area contributed by atoms with Gasteiger partial charge in [0.25, 0.3) is 5.91 Å². The zero-order valence-electron chi connectivity index (χ0n) is 18.1. The summed E-state index contributed by atoms with van der Waals surface area (Å²) in [5, 5.41) is 6.81. The van der Waals surface area contributed by atoms with Gasteiger partial charge in [-0.3, -0.25) is 14.7 Å². The van der Waals surface area contributed by atoms with E-state index in [2.05, 4.69) is 39.6 Å². The summed E-state index contributed by atoms with van der Waals surface area (Å²) in [4.78, 5) is 20.4. The smallest absolute Gasteiger partial charge is 0.255 e. The molecule has 168 valence electrons. The summed E-state index contributed by atoms with van der Waals surface area (Å²) in [6.07, 6.45) is 0. The van der Waals surface area contributed by atoms with Crippen LogP contribution in [0.2, 0.25) is 0 Å². The maximum absolute atomic E-state index is 10.9. The Morgan fingerprint density at radius 3 is 2.77 bits per heavy atom. The van der Waals surface area contributed by atoms with Crippen molar-refractivity contribution >= 4 is 23.2 Å². The predicted octanol–water partition coefficient (Wildman–Crippen LogP) is 1.66. The van der Waals surface area contributed by atoms with E-state index in [1.807, 2.05) is 29.5 Å². The SMILES string of the molecule is CN=C(NCc1cccc(OCC(N)=O)c1)NCC(c1ccc(C)s1)N1CCOCC1. The summed E-state index contributed by atoms with van der Waals surface area (Å²) in [5.41, 5.74) is 6.16. The molecule has 1 unspecified atom stereocenters. The highest BCUT2D eigenvalue weighted by atomic mass is 32.1. The number of nitrogens with zero attached hydrogens (tertiary/aromatic N) is 2. The molecule has 0 radical (unpaired) electrons. The monoisotopic (exact) mass is 445 g/mol. The minimum absolute atomic E-state index is 0.134. The summed E-state index contributed by atoms with van der Waals surface area (Å²) in [6.45, 7) is 6.71. The van der Waals surface area contributed by atoms with Crippen molar-refractivity contribution in [2.75, 3.05) is 46.5 Å². The molecule has 0 saturated carbocycles. The fourth-order valence-electron chi connectivity index (χ4n) is 3.43. The Balaban J connectivity index is 1.57. The van der Waals surface area contributed by atoms with Gasteiger partial charge in [0.15, 0.2) is 12.6 Å². The summed E-state index contributed by atoms with van der Waals surface area (Å²) in [6, 6.07) is 12.2. The van der Waals surface area contributed by atoms with Crippen LogP contribution in [0.25, 0.3) is 0 Å². The van der Waals surface area contributed by atoms with E-state index in [0.717, 1.165) is 44.4 Å². The van der Waals surface area contributed by atoms with E-state index in [1.165, 1.54) is 9.75 Å². The van der Waals surface area contributed by atoms with Crippen LogP contribution in [0.1, 0.15) is 21.4 Å². The molecule has 2 heterocycles. The van der Waals surface area contributed by atoms with Crippen LogP contribution in [0, 0.1) is 6.92 Å². The molecule has 1 aromatic heterocycles. The zero-order chi connectivity index (χ0) is 22.1. The number of primary amides is 1. The number of amides is 1. The number of carbonyl (C=O) groups excluding carboxylic acids is 1. The third kappa shape index (κ3) is 7.23. The number of thiophene rings is 1. The minimum Gasteiger partial charge on any atom is -0.484 e. The Morgan fingerprint density at radius 2 is 2.10 bits per heavy atom. The highest BCUT2D eigenvalue weighted by molar-refractivity contribution is 7.12. The van der Waals surface area contributed by atoms with Gasteiger partial charge in [0.2, 0.25) is 0 Å². The molecule has 4 N–H and O–H groups in total. The van der Waals surface area contributed by atoms with Gasteiger partial charge in [0.05, 0.1) is 19.3 Å². The molecule has 1 atom stereocenters. The Bertz CT molecular complexity index is 880. The van der Waals surface area contributed by atoms with Crippen molar-refractivity contribution in [2.45, 2.75) is 19.5 Å². The fourth-order valence-corrected chi connectivity index (χ4v) is 4.44. The molecule has 0 spiro atoms. The van der Waals surface area contributed by atoms with Gasteiger partial charge in [0, 0.05) is 43.0 Å². The second-order valence-corrected chi connectivity index (χ2v) is 8.64. The molecular weight excluding hydrogens is 414 g/mol. The lowest BCUT2D eigenvalue weighted by atomic mass is 10.2. The van der Waals surface area contributed by atoms with E-state index in [1.54, 1.807) is 13.1 Å². The molecule has 2 aromatic rings. The van der Waals surface area contributed by atoms with Crippen molar-refractivity contribution in [3.63, 3.8) is 0 Å². The molecule has 0 aliphatic carbocycles. The molecule has 8 nitrogen and oxygen atoms in total. The fraction of sp³-hybridized carbons (Fsp3) is 0.455. The molecule has 31 heavy (non-hydrogen) atoms. The number of carbonyl (C=O) groups is 1. The number of hydrogen-bond donors (Lipinski definition) is 3. The van der Waals surface area contributed by atoms with Crippen LogP contribution < -0.4 is 21.1 Å². The Labute approximate surface area is 187 Å². The minimum atomic E-state index is -0.496. The number of hydrogen-bond acceptors (Lipinski definition) is 6. The molecule has 1 fully saturated rings. The largest absolute Gasteiger partial charge is 0.484 e. The number of nitrogens with one attached hydrogen (secondary N) is 2. The molecule has 1 saturated heterocycles. The van der Waals surface area contributed by atoms with E-state index in [4.69, 9.17) is 15.2 Å². The van der Waals surface area contributed by atoms with Gasteiger partial charge in [-0.15, -0.1) is 11.3 Å². The van der Waals surface area contributed by atoms with Crippen LogP contribution in [0.5, 0.6) is 5.75 Å². The molecular formula is C22H31N5O3S. The van der Waals surface area contributed by atoms with Crippen molar-refractivity contribution in [1.29, 1.82) is 0 Å². The maximum Gasteiger partial charge on any atom is 0.255 e. The summed E-state index contributed by atoms with van der Waals surface area (Å²) >= 11 is 1.84. The normalized spacial score (nSPS) is 16.0. The lowest BCUT2D eigenvalue weighted by Gasteiger charge is -2.34. The second-order valence-electron chi connectivity index (χ2n) is 7.32. The first-order chi connectivity index (χ1) is 15.0. The predicted molar refractivity (Wildman–Crippen MR) is 124 cm³/mol. The second kappa shape index (κ2) is 11.7. The van der Waals surface area contributed by atoms with Crippen molar-refractivity contribution in [3.8, 4) is 5.75 Å². The summed E-state index contributed by atoms with van der Waals surface area (Å²) < 4.78 is 10.9. The van der Waals surface area contributed by atoms with Gasteiger partial charge in [0.1, 0.15) is 5.75 Å². The van der Waals surface area contributed by atoms with Crippen LogP contribution in [0.3, 0.4) is 0 Å². The Kier molecular flexibility index (Phi) is 8.69. The van der Waals surface area contributed by atoms with Gasteiger partial charge in [-0.25, -0.2) is 0 Å². The molecule has 1 amide bonds. The molecule has 0 bridgehead atoms. The van der Waals surface area contributed by atoms with Crippen LogP contribution in [0.4, 0.5) is 0 Å². The molecule has 1 aromatic carbocycles. The quantitative estimate of drug-likeness (QED) is 0.401. The highest BCUT2D eigenvalue weighted by Gasteiger charge is 2.24. The van der Waals surface area contributed by atoms with Crippen LogP contribution in [-0.4, -0.2) is 63.3 Å². The van der Waals surface area contributed by atoms with Gasteiger partial charge >= 0.3 is 0 Å². The topological polar surface area (TPSA) is 101 Å². The average molecular weight is 446 g/mol. The number of morpholine rings is 1. The number of guanidine groups is 1. The van der Waals surface area contributed by atoms with Crippen molar-refractivity contribution in [3.05, 3.63) is 51.7 Å². The third-order valence-corrected chi connectivity index (χ3v) is 6.10. The number of aryl methyl sites for hydroxylation is 1. The standard InChI is InChI=1S/C22H31N5O3S/c1-16-6-7-20(31-16)19(27-8-10-29-11-9-27)14-26-22(24-2)25-13-17-4-3-5-18(12-17)30-15-21(23)28/h3-7,12,19H,8-11,13-15H2,1-2H3,(H2,23,28)(H2,24,25,26). The van der Waals surface area contributed by atoms with E-state index in [9.17, 15) is 4.79 Å². The average Bonchev–Trinajstić information content (AvgIpc) is 3.21. The molecule has 3 rings (SSSR count). The van der Waals surface area contributed by atoms with E-state index >= 15 is 0 Å². The van der Waals surface area contributed by atoms with E-state index < -0.39 is 5.91 Å². The van der Waals surface area contributed by atoms with Crippen molar-refractivity contribution < 1.29 is 14.3 Å².